The van der Waals surface area contributed by atoms with Gasteiger partial charge in [-0.1, -0.05) is 18.2 Å². The molecule has 1 atom stereocenters. The summed E-state index contributed by atoms with van der Waals surface area (Å²) in [5.74, 6) is 1.57. The number of aldehydes is 1. The van der Waals surface area contributed by atoms with Crippen molar-refractivity contribution >= 4 is 50.6 Å². The molecule has 1 fully saturated rings. The Hall–Kier alpha value is -4.64. The molecule has 2 aliphatic heterocycles. The fourth-order valence-electron chi connectivity index (χ4n) is 6.16. The highest BCUT2D eigenvalue weighted by Gasteiger charge is 2.42. The van der Waals surface area contributed by atoms with Crippen LogP contribution in [0.4, 0.5) is 23.0 Å². The van der Waals surface area contributed by atoms with Gasteiger partial charge in [-0.25, -0.2) is 9.97 Å². The van der Waals surface area contributed by atoms with Gasteiger partial charge < -0.3 is 20.4 Å². The minimum absolute atomic E-state index is 0.0470. The van der Waals surface area contributed by atoms with Crippen molar-refractivity contribution < 1.29 is 4.79 Å². The Bertz CT molecular complexity index is 1880. The molecule has 2 aliphatic rings. The zero-order valence-corrected chi connectivity index (χ0v) is 24.5. The zero-order chi connectivity index (χ0) is 30.0. The van der Waals surface area contributed by atoms with Gasteiger partial charge in [0.2, 0.25) is 0 Å². The van der Waals surface area contributed by atoms with Gasteiger partial charge in [0.25, 0.3) is 0 Å². The van der Waals surface area contributed by atoms with Crippen molar-refractivity contribution in [2.45, 2.75) is 31.3 Å². The minimum atomic E-state index is -1.29. The molecule has 0 aliphatic carbocycles. The van der Waals surface area contributed by atoms with Crippen molar-refractivity contribution in [2.24, 2.45) is 0 Å². The van der Waals surface area contributed by atoms with Crippen LogP contribution in [-0.4, -0.2) is 83.4 Å². The van der Waals surface area contributed by atoms with Gasteiger partial charge in [0.05, 0.1) is 56.7 Å². The molecule has 0 saturated carbocycles. The molecular weight excluding hydrogens is 538 g/mol. The van der Waals surface area contributed by atoms with E-state index in [2.05, 4.69) is 67.5 Å². The normalized spacial score (nSPS) is 16.9. The number of aryl methyl sites for hydroxylation is 1. The number of nitrogens with zero attached hydrogens (tertiary/aromatic N) is 8. The third-order valence-electron chi connectivity index (χ3n) is 8.59. The number of fused-ring (bicyclic) bond motifs is 4. The number of benzene rings is 1. The Balaban J connectivity index is 1.20. The third-order valence-corrected chi connectivity index (χ3v) is 8.59. The fourth-order valence-corrected chi connectivity index (χ4v) is 6.16. The molecule has 13 heteroatoms. The highest BCUT2D eigenvalue weighted by molar-refractivity contribution is 6.39. The van der Waals surface area contributed by atoms with Gasteiger partial charge in [0.1, 0.15) is 17.3 Å². The average Bonchev–Trinajstić information content (AvgIpc) is 3.58. The molecule has 5 aromatic rings. The summed E-state index contributed by atoms with van der Waals surface area (Å²) in [5.41, 5.74) is 7.80. The van der Waals surface area contributed by atoms with Crippen LogP contribution >= 0.6 is 0 Å². The van der Waals surface area contributed by atoms with Gasteiger partial charge in [0, 0.05) is 56.1 Å². The van der Waals surface area contributed by atoms with E-state index in [1.54, 1.807) is 18.2 Å². The van der Waals surface area contributed by atoms with Crippen LogP contribution in [0.2, 0.25) is 0 Å². The van der Waals surface area contributed by atoms with Crippen LogP contribution in [0.25, 0.3) is 16.8 Å². The number of aromatic nitrogens is 6. The fraction of sp³-hybridized carbons (Fsp3) is 0.300. The monoisotopic (exact) mass is 568 g/mol. The molecule has 212 valence electrons. The molecule has 1 aromatic carbocycles. The molecule has 7 rings (SSSR count). The summed E-state index contributed by atoms with van der Waals surface area (Å²) in [6.07, 6.45) is 2.65. The average molecular weight is 568 g/mol. The van der Waals surface area contributed by atoms with Gasteiger partial charge in [0.15, 0.2) is 11.9 Å². The van der Waals surface area contributed by atoms with Gasteiger partial charge in [-0.2, -0.15) is 14.7 Å². The molecule has 2 N–H and O–H groups in total. The molecular formula is C30H30B2N10O. The maximum absolute atomic E-state index is 11.2. The number of hydrogen-bond donors (Lipinski definition) is 2. The third kappa shape index (κ3) is 4.29. The van der Waals surface area contributed by atoms with Crippen LogP contribution < -0.4 is 15.5 Å². The van der Waals surface area contributed by atoms with Crippen LogP contribution in [0.15, 0.2) is 54.7 Å². The minimum Gasteiger partial charge on any atom is -0.373 e. The number of nitrogens with one attached hydrogen (secondary N) is 2. The highest BCUT2D eigenvalue weighted by Crippen LogP contribution is 2.49. The molecule has 0 unspecified atom stereocenters. The summed E-state index contributed by atoms with van der Waals surface area (Å²) < 4.78 is 3.94. The lowest BCUT2D eigenvalue weighted by Gasteiger charge is -2.50. The van der Waals surface area contributed by atoms with Crippen LogP contribution in [0.3, 0.4) is 0 Å². The molecule has 4 aromatic heterocycles. The van der Waals surface area contributed by atoms with Crippen LogP contribution in [0, 0.1) is 6.92 Å². The summed E-state index contributed by atoms with van der Waals surface area (Å²) in [6, 6.07) is 15.5. The zero-order valence-electron chi connectivity index (χ0n) is 24.5. The first-order valence-electron chi connectivity index (χ1n) is 14.2. The molecule has 11 nitrogen and oxygen atoms in total. The number of hydrogen-bond acceptors (Lipinski definition) is 9. The molecule has 0 amide bonds. The van der Waals surface area contributed by atoms with E-state index in [9.17, 15) is 4.79 Å². The van der Waals surface area contributed by atoms with E-state index in [0.717, 1.165) is 51.2 Å². The van der Waals surface area contributed by atoms with Crippen molar-refractivity contribution in [1.29, 1.82) is 0 Å². The second kappa shape index (κ2) is 9.98. The maximum Gasteiger partial charge on any atom is 0.168 e. The number of pyridine rings is 1. The highest BCUT2D eigenvalue weighted by atomic mass is 16.1. The number of carbonyl (C=O) groups is 1. The van der Waals surface area contributed by atoms with E-state index in [-0.39, 0.29) is 12.1 Å². The van der Waals surface area contributed by atoms with Crippen molar-refractivity contribution in [3.05, 3.63) is 77.5 Å². The molecule has 0 spiro atoms. The molecule has 1 saturated heterocycles. The van der Waals surface area contributed by atoms with Crippen LogP contribution in [0.1, 0.15) is 46.6 Å². The number of likely N-dealkylation sites (tertiary alicyclic amines) is 1. The Labute approximate surface area is 252 Å². The first kappa shape index (κ1) is 27.2. The first-order chi connectivity index (χ1) is 20.7. The van der Waals surface area contributed by atoms with E-state index in [1.807, 2.05) is 41.7 Å². The summed E-state index contributed by atoms with van der Waals surface area (Å²) in [4.78, 5) is 24.4. The topological polar surface area (TPSA) is 109 Å². The Morgan fingerprint density at radius 2 is 1.86 bits per heavy atom. The standard InChI is InChI=1S/C30H30B2N10O/c1-17-11-26-37-25(33-3)12-27(42(26)38-17)36-23-9-6-8-21-22-13-34-41(28(22)18(2)39(4)29(21)23)20-14-40(15-20)30(31,32)24-10-5-7-19(16-43)35-24/h5-13,16,18,20,36H,14-15H2,1-4H3,(H,33,37)/t18-/m1/s1. The maximum atomic E-state index is 11.2. The Morgan fingerprint density at radius 1 is 1.07 bits per heavy atom. The largest absolute Gasteiger partial charge is 0.373 e. The van der Waals surface area contributed by atoms with E-state index < -0.39 is 5.34 Å². The predicted octanol–water partition coefficient (Wildman–Crippen LogP) is 3.41. The smallest absolute Gasteiger partial charge is 0.168 e. The van der Waals surface area contributed by atoms with E-state index >= 15 is 0 Å². The van der Waals surface area contributed by atoms with Gasteiger partial charge >= 0.3 is 0 Å². The summed E-state index contributed by atoms with van der Waals surface area (Å²) in [6.45, 7) is 5.36. The van der Waals surface area contributed by atoms with Gasteiger partial charge in [-0.3, -0.25) is 9.48 Å². The number of anilines is 4. The van der Waals surface area contributed by atoms with Crippen molar-refractivity contribution in [3.63, 3.8) is 0 Å². The van der Waals surface area contributed by atoms with Crippen LogP contribution in [-0.2, 0) is 5.34 Å². The van der Waals surface area contributed by atoms with Gasteiger partial charge in [-0.15, -0.1) is 0 Å². The second-order valence-electron chi connectivity index (χ2n) is 11.3. The quantitative estimate of drug-likeness (QED) is 0.226. The van der Waals surface area contributed by atoms with Gasteiger partial charge in [-0.05, 0) is 37.4 Å². The first-order valence-corrected chi connectivity index (χ1v) is 14.2. The van der Waals surface area contributed by atoms with Crippen molar-refractivity contribution in [3.8, 4) is 11.1 Å². The summed E-state index contributed by atoms with van der Waals surface area (Å²) >= 11 is 0. The van der Waals surface area contributed by atoms with E-state index in [0.29, 0.717) is 30.8 Å². The number of para-hydroxylation sites is 1. The van der Waals surface area contributed by atoms with Crippen molar-refractivity contribution in [1.82, 2.24) is 34.3 Å². The SMILES string of the molecule is [B]C([B])(c1cccc(C=O)n1)N1CC(n2ncc3c2[C@@H](C)N(C)c2c(Nc4cc(NC)nc5cc(C)nn45)cccc2-3)C1. The summed E-state index contributed by atoms with van der Waals surface area (Å²) in [5, 5.41) is 15.0. The predicted molar refractivity (Wildman–Crippen MR) is 168 cm³/mol. The van der Waals surface area contributed by atoms with Crippen molar-refractivity contribution in [2.75, 3.05) is 42.7 Å². The molecule has 4 radical (unpaired) electrons. The lowest BCUT2D eigenvalue weighted by molar-refractivity contribution is 0.0616. The summed E-state index contributed by atoms with van der Waals surface area (Å²) in [7, 11) is 17.0. The molecule has 6 heterocycles. The Morgan fingerprint density at radius 3 is 2.63 bits per heavy atom. The second-order valence-corrected chi connectivity index (χ2v) is 11.3. The van der Waals surface area contributed by atoms with Crippen LogP contribution in [0.5, 0.6) is 0 Å². The molecule has 43 heavy (non-hydrogen) atoms. The molecule has 0 bridgehead atoms. The van der Waals surface area contributed by atoms with E-state index in [4.69, 9.17) is 20.8 Å². The van der Waals surface area contributed by atoms with E-state index in [1.165, 1.54) is 0 Å². The number of carbonyl (C=O) groups excluding carboxylic acids is 1. The number of rotatable bonds is 7. The lowest BCUT2D eigenvalue weighted by atomic mass is 9.57. The lowest BCUT2D eigenvalue weighted by Crippen LogP contribution is -2.60. The Kier molecular flexibility index (Phi) is 6.31.